The van der Waals surface area contributed by atoms with Crippen LogP contribution in [0.3, 0.4) is 0 Å². The molecule has 0 amide bonds. The van der Waals surface area contributed by atoms with Gasteiger partial charge in [-0.25, -0.2) is 0 Å². The lowest BCUT2D eigenvalue weighted by Crippen LogP contribution is -1.97. The molecule has 0 radical (unpaired) electrons. The van der Waals surface area contributed by atoms with E-state index in [9.17, 15) is 0 Å². The molecule has 0 unspecified atom stereocenters. The minimum Gasteiger partial charge on any atom is -0.0877 e. The largest absolute Gasteiger partial charge is 0.194 e. The van der Waals surface area contributed by atoms with Crippen LogP contribution in [-0.4, -0.2) is 3.79 Å². The number of alkyl halides is 3. The van der Waals surface area contributed by atoms with Gasteiger partial charge in [-0.05, 0) is 6.92 Å². The predicted molar refractivity (Wildman–Crippen MR) is 48.9 cm³/mol. The minimum atomic E-state index is -1.15. The van der Waals surface area contributed by atoms with Crippen molar-refractivity contribution in [3.8, 4) is 0 Å². The molecule has 0 aromatic carbocycles. The van der Waals surface area contributed by atoms with Crippen molar-refractivity contribution in [2.24, 2.45) is 0 Å². The average Bonchev–Trinajstić information content (AvgIpc) is 1.78. The van der Waals surface area contributed by atoms with Gasteiger partial charge in [0.15, 0.2) is 3.79 Å². The quantitative estimate of drug-likeness (QED) is 0.468. The molecule has 0 bridgehead atoms. The molecule has 0 aliphatic heterocycles. The molecular weight excluding hydrogens is 190 g/mol. The van der Waals surface area contributed by atoms with E-state index in [1.54, 1.807) is 0 Å². The fourth-order valence-electron chi connectivity index (χ4n) is 0.391. The zero-order chi connectivity index (χ0) is 8.04. The highest BCUT2D eigenvalue weighted by atomic mass is 35.6. The first-order valence-electron chi connectivity index (χ1n) is 2.91. The normalized spacial score (nSPS) is 13.6. The Balaban J connectivity index is 3.54. The maximum atomic E-state index is 5.47. The van der Waals surface area contributed by atoms with Gasteiger partial charge < -0.3 is 0 Å². The van der Waals surface area contributed by atoms with Crippen LogP contribution in [0.2, 0.25) is 0 Å². The lowest BCUT2D eigenvalue weighted by Gasteiger charge is -2.04. The van der Waals surface area contributed by atoms with Crippen molar-refractivity contribution in [1.29, 1.82) is 0 Å². The summed E-state index contributed by atoms with van der Waals surface area (Å²) in [5.41, 5.74) is 0. The van der Waals surface area contributed by atoms with Gasteiger partial charge in [-0.1, -0.05) is 59.1 Å². The van der Waals surface area contributed by atoms with Crippen molar-refractivity contribution in [2.45, 2.75) is 17.1 Å². The Kier molecular flexibility index (Phi) is 5.24. The second-order valence-electron chi connectivity index (χ2n) is 1.77. The molecule has 0 aromatic rings. The Morgan fingerprint density at radius 1 is 1.20 bits per heavy atom. The summed E-state index contributed by atoms with van der Waals surface area (Å²) in [4.78, 5) is 0. The van der Waals surface area contributed by atoms with Crippen molar-refractivity contribution in [2.75, 3.05) is 0 Å². The highest BCUT2D eigenvalue weighted by molar-refractivity contribution is 6.67. The van der Waals surface area contributed by atoms with E-state index < -0.39 is 3.79 Å². The summed E-state index contributed by atoms with van der Waals surface area (Å²) in [5.74, 6) is 0. The van der Waals surface area contributed by atoms with Gasteiger partial charge in [-0.3, -0.25) is 0 Å². The summed E-state index contributed by atoms with van der Waals surface area (Å²) < 4.78 is -1.15. The molecule has 0 aliphatic carbocycles. The van der Waals surface area contributed by atoms with Gasteiger partial charge in [0.2, 0.25) is 0 Å². The minimum absolute atomic E-state index is 0.446. The molecule has 0 fully saturated rings. The zero-order valence-electron chi connectivity index (χ0n) is 5.65. The van der Waals surface area contributed by atoms with Crippen LogP contribution < -0.4 is 0 Å². The summed E-state index contributed by atoms with van der Waals surface area (Å²) in [5, 5.41) is 0. The third-order valence-corrected chi connectivity index (χ3v) is 1.25. The molecule has 58 valence electrons. The van der Waals surface area contributed by atoms with Crippen molar-refractivity contribution in [3.63, 3.8) is 0 Å². The monoisotopic (exact) mass is 198 g/mol. The lowest BCUT2D eigenvalue weighted by molar-refractivity contribution is 1.07. The molecule has 0 saturated carbocycles. The Hall–Kier alpha value is 0.350. The molecule has 3 heteroatoms. The molecule has 10 heavy (non-hydrogen) atoms. The number of hydrogen-bond donors (Lipinski definition) is 0. The van der Waals surface area contributed by atoms with E-state index in [1.165, 1.54) is 0 Å². The highest BCUT2D eigenvalue weighted by Gasteiger charge is 2.15. The van der Waals surface area contributed by atoms with Gasteiger partial charge in [-0.2, -0.15) is 0 Å². The standard InChI is InChI=1S/C7H9Cl3/c1-2-3-4-5-6-7(8,9)10/h2-5H,6H2,1H3. The molecule has 0 N–H and O–H groups in total. The molecular formula is C7H9Cl3. The second-order valence-corrected chi connectivity index (χ2v) is 4.29. The molecule has 0 atom stereocenters. The predicted octanol–water partition coefficient (Wildman–Crippen LogP) is 3.88. The maximum Gasteiger partial charge on any atom is 0.194 e. The van der Waals surface area contributed by atoms with Crippen molar-refractivity contribution in [1.82, 2.24) is 0 Å². The maximum absolute atomic E-state index is 5.47. The summed E-state index contributed by atoms with van der Waals surface area (Å²) in [7, 11) is 0. The van der Waals surface area contributed by atoms with Gasteiger partial charge >= 0.3 is 0 Å². The van der Waals surface area contributed by atoms with E-state index in [0.29, 0.717) is 6.42 Å². The molecule has 0 nitrogen and oxygen atoms in total. The van der Waals surface area contributed by atoms with Gasteiger partial charge in [0.25, 0.3) is 0 Å². The fourth-order valence-corrected chi connectivity index (χ4v) is 0.659. The van der Waals surface area contributed by atoms with Crippen LogP contribution in [-0.2, 0) is 0 Å². The van der Waals surface area contributed by atoms with E-state index in [1.807, 2.05) is 31.2 Å². The van der Waals surface area contributed by atoms with Gasteiger partial charge in [0.1, 0.15) is 0 Å². The van der Waals surface area contributed by atoms with E-state index >= 15 is 0 Å². The first-order chi connectivity index (χ1) is 4.56. The number of hydrogen-bond acceptors (Lipinski definition) is 0. The second kappa shape index (κ2) is 5.06. The molecule has 0 saturated heterocycles. The van der Waals surface area contributed by atoms with Gasteiger partial charge in [0, 0.05) is 6.42 Å². The molecule has 0 aromatic heterocycles. The van der Waals surface area contributed by atoms with Crippen LogP contribution in [0.5, 0.6) is 0 Å². The lowest BCUT2D eigenvalue weighted by atomic mass is 10.4. The SMILES string of the molecule is CC=CC=CCC(Cl)(Cl)Cl. The Labute approximate surface area is 76.5 Å². The molecule has 0 rings (SSSR count). The summed E-state index contributed by atoms with van der Waals surface area (Å²) in [6.07, 6.45) is 7.90. The Morgan fingerprint density at radius 2 is 1.80 bits per heavy atom. The first-order valence-corrected chi connectivity index (χ1v) is 4.04. The van der Waals surface area contributed by atoms with Crippen LogP contribution in [0.4, 0.5) is 0 Å². The van der Waals surface area contributed by atoms with Gasteiger partial charge in [-0.15, -0.1) is 0 Å². The van der Waals surface area contributed by atoms with Gasteiger partial charge in [0.05, 0.1) is 0 Å². The molecule has 0 heterocycles. The van der Waals surface area contributed by atoms with Crippen LogP contribution in [0.25, 0.3) is 0 Å². The fraction of sp³-hybridized carbons (Fsp3) is 0.429. The number of rotatable bonds is 2. The average molecular weight is 200 g/mol. The first kappa shape index (κ1) is 10.3. The van der Waals surface area contributed by atoms with Crippen LogP contribution >= 0.6 is 34.8 Å². The highest BCUT2D eigenvalue weighted by Crippen LogP contribution is 2.30. The third kappa shape index (κ3) is 8.35. The van der Waals surface area contributed by atoms with E-state index in [0.717, 1.165) is 0 Å². The van der Waals surface area contributed by atoms with E-state index in [4.69, 9.17) is 34.8 Å². The van der Waals surface area contributed by atoms with E-state index in [-0.39, 0.29) is 0 Å². The van der Waals surface area contributed by atoms with Crippen LogP contribution in [0.1, 0.15) is 13.3 Å². The van der Waals surface area contributed by atoms with Crippen molar-refractivity contribution < 1.29 is 0 Å². The molecule has 0 spiro atoms. The molecule has 0 aliphatic rings. The smallest absolute Gasteiger partial charge is 0.0877 e. The van der Waals surface area contributed by atoms with Crippen LogP contribution in [0, 0.1) is 0 Å². The van der Waals surface area contributed by atoms with Crippen molar-refractivity contribution in [3.05, 3.63) is 24.3 Å². The number of allylic oxidation sites excluding steroid dienone is 4. The zero-order valence-corrected chi connectivity index (χ0v) is 7.92. The summed E-state index contributed by atoms with van der Waals surface area (Å²) in [6, 6.07) is 0. The van der Waals surface area contributed by atoms with Crippen LogP contribution in [0.15, 0.2) is 24.3 Å². The Morgan fingerprint density at radius 3 is 2.20 bits per heavy atom. The van der Waals surface area contributed by atoms with E-state index in [2.05, 4.69) is 0 Å². The summed E-state index contributed by atoms with van der Waals surface area (Å²) >= 11 is 16.4. The number of halogens is 3. The third-order valence-electron chi connectivity index (χ3n) is 0.789. The topological polar surface area (TPSA) is 0 Å². The Bertz CT molecular complexity index is 130. The summed E-state index contributed by atoms with van der Waals surface area (Å²) in [6.45, 7) is 1.93. The van der Waals surface area contributed by atoms with Crippen molar-refractivity contribution >= 4 is 34.8 Å².